The third-order valence-electron chi connectivity index (χ3n) is 5.08. The molecule has 18 heteroatoms. The number of aldehydes is 2. The molecule has 242 valence electrons. The van der Waals surface area contributed by atoms with Gasteiger partial charge in [0, 0.05) is 46.5 Å². The van der Waals surface area contributed by atoms with Gasteiger partial charge in [-0.15, -0.1) is 0 Å². The molecule has 0 bridgehead atoms. The van der Waals surface area contributed by atoms with E-state index in [1.807, 2.05) is 48.5 Å². The van der Waals surface area contributed by atoms with Crippen molar-refractivity contribution < 1.29 is 69.1 Å². The fraction of sp³-hybridized carbons (Fsp3) is 0.0769. The summed E-state index contributed by atoms with van der Waals surface area (Å²) in [5, 5.41) is 0. The number of benzene rings is 2. The SMILES string of the molecule is F[P-](F)(F)(F)(F)F.F[P-](F)(F)(F)(F)F.O=Cc1ccc(C[n+]2ccc(-c3cc[n+](Cc4ccc(C=O)cc4)cc3)cc2)cc1. The third kappa shape index (κ3) is 19.3. The number of hydrogen-bond acceptors (Lipinski definition) is 2. The summed E-state index contributed by atoms with van der Waals surface area (Å²) in [6.07, 6.45) is 9.99. The molecule has 0 aliphatic carbocycles. The first-order chi connectivity index (χ1) is 19.6. The van der Waals surface area contributed by atoms with Crippen LogP contribution < -0.4 is 9.13 Å². The Morgan fingerprint density at radius 2 is 0.659 bits per heavy atom. The smallest absolute Gasteiger partial charge is 0.173 e. The Labute approximate surface area is 241 Å². The summed E-state index contributed by atoms with van der Waals surface area (Å²) >= 11 is 0. The van der Waals surface area contributed by atoms with Crippen molar-refractivity contribution in [1.82, 2.24) is 0 Å². The van der Waals surface area contributed by atoms with Gasteiger partial charge >= 0.3 is 66.0 Å². The summed E-state index contributed by atoms with van der Waals surface area (Å²) in [7, 11) is -21.3. The predicted octanol–water partition coefficient (Wildman–Crippen LogP) is 10.4. The van der Waals surface area contributed by atoms with Gasteiger partial charge in [0.1, 0.15) is 12.6 Å². The second-order valence-corrected chi connectivity index (χ2v) is 13.0. The summed E-state index contributed by atoms with van der Waals surface area (Å²) in [6.45, 7) is 1.52. The number of halogens is 12. The van der Waals surface area contributed by atoms with E-state index in [1.165, 1.54) is 0 Å². The molecule has 0 amide bonds. The first-order valence-electron chi connectivity index (χ1n) is 11.8. The molecule has 0 saturated carbocycles. The minimum Gasteiger partial charge on any atom is -0.298 e. The zero-order valence-corrected chi connectivity index (χ0v) is 23.7. The molecule has 0 spiro atoms. The molecular weight excluding hydrogens is 662 g/mol. The minimum atomic E-state index is -10.7. The van der Waals surface area contributed by atoms with Crippen molar-refractivity contribution in [3.63, 3.8) is 0 Å². The first kappa shape index (κ1) is 36.3. The van der Waals surface area contributed by atoms with E-state index >= 15 is 0 Å². The Kier molecular flexibility index (Phi) is 9.53. The molecule has 2 heterocycles. The summed E-state index contributed by atoms with van der Waals surface area (Å²) in [6, 6.07) is 23.7. The maximum absolute atomic E-state index is 10.8. The Morgan fingerprint density at radius 1 is 0.432 bits per heavy atom. The summed E-state index contributed by atoms with van der Waals surface area (Å²) in [5.41, 5.74) is 6.01. The minimum absolute atomic E-state index is 0.693. The maximum atomic E-state index is 10.8. The van der Waals surface area contributed by atoms with Crippen LogP contribution in [0.4, 0.5) is 50.4 Å². The predicted molar refractivity (Wildman–Crippen MR) is 141 cm³/mol. The van der Waals surface area contributed by atoms with Crippen LogP contribution in [0.25, 0.3) is 11.1 Å². The molecule has 0 saturated heterocycles. The fourth-order valence-electron chi connectivity index (χ4n) is 3.34. The van der Waals surface area contributed by atoms with Crippen molar-refractivity contribution in [2.45, 2.75) is 13.1 Å². The Balaban J connectivity index is 0.000000402. The van der Waals surface area contributed by atoms with Crippen LogP contribution >= 0.6 is 15.6 Å². The van der Waals surface area contributed by atoms with E-state index in [1.54, 1.807) is 0 Å². The fourth-order valence-corrected chi connectivity index (χ4v) is 3.34. The van der Waals surface area contributed by atoms with Gasteiger partial charge in [-0.2, -0.15) is 0 Å². The number of carbonyl (C=O) groups excluding carboxylic acids is 2. The number of hydrogen-bond donors (Lipinski definition) is 0. The average Bonchev–Trinajstić information content (AvgIpc) is 2.87. The van der Waals surface area contributed by atoms with Gasteiger partial charge in [-0.05, 0) is 11.1 Å². The summed E-state index contributed by atoms with van der Waals surface area (Å²) in [4.78, 5) is 21.5. The van der Waals surface area contributed by atoms with Crippen LogP contribution in [0.1, 0.15) is 31.8 Å². The molecule has 44 heavy (non-hydrogen) atoms. The molecule has 2 aromatic carbocycles. The van der Waals surface area contributed by atoms with Crippen LogP contribution in [0.15, 0.2) is 97.6 Å². The van der Waals surface area contributed by atoms with Gasteiger partial charge in [0.25, 0.3) is 0 Å². The van der Waals surface area contributed by atoms with Crippen LogP contribution in [-0.2, 0) is 13.1 Å². The quantitative estimate of drug-likeness (QED) is 0.0842. The molecule has 0 N–H and O–H groups in total. The van der Waals surface area contributed by atoms with Crippen LogP contribution in [0.3, 0.4) is 0 Å². The van der Waals surface area contributed by atoms with Gasteiger partial charge in [-0.25, -0.2) is 9.13 Å². The standard InChI is InChI=1S/C26H22N2O2.2F6P/c29-19-23-5-1-21(2-6-23)17-27-13-9-25(10-14-27)26-11-15-28(16-12-26)18-22-3-7-24(20-30)8-4-22;2*1-7(2,3,4,5)6/h1-16,19-20H,17-18H2;;/q+2;2*-1. The number of pyridine rings is 2. The number of carbonyl (C=O) groups is 2. The molecule has 4 nitrogen and oxygen atoms in total. The van der Waals surface area contributed by atoms with Gasteiger partial charge in [0.2, 0.25) is 0 Å². The molecule has 0 aliphatic heterocycles. The summed E-state index contributed by atoms with van der Waals surface area (Å²) in [5.74, 6) is 0. The normalized spacial score (nSPS) is 14.5. The van der Waals surface area contributed by atoms with Gasteiger partial charge in [-0.3, -0.25) is 9.59 Å². The molecule has 4 rings (SSSR count). The van der Waals surface area contributed by atoms with Gasteiger partial charge in [0.05, 0.1) is 0 Å². The van der Waals surface area contributed by atoms with E-state index in [4.69, 9.17) is 0 Å². The topological polar surface area (TPSA) is 41.9 Å². The van der Waals surface area contributed by atoms with Crippen LogP contribution in [0, 0.1) is 0 Å². The van der Waals surface area contributed by atoms with Crippen molar-refractivity contribution in [3.05, 3.63) is 120 Å². The van der Waals surface area contributed by atoms with Crippen LogP contribution in [0.2, 0.25) is 0 Å². The second kappa shape index (κ2) is 11.6. The number of aromatic nitrogens is 2. The molecule has 0 radical (unpaired) electrons. The molecule has 0 atom stereocenters. The first-order valence-corrected chi connectivity index (χ1v) is 15.9. The molecule has 0 fully saturated rings. The van der Waals surface area contributed by atoms with Crippen molar-refractivity contribution in [2.75, 3.05) is 0 Å². The Morgan fingerprint density at radius 3 is 0.864 bits per heavy atom. The monoisotopic (exact) mass is 684 g/mol. The molecule has 0 aliphatic rings. The molecular formula is C26H22F12N2O2P2. The number of rotatable bonds is 7. The summed E-state index contributed by atoms with van der Waals surface area (Å²) < 4.78 is 123. The average molecular weight is 684 g/mol. The van der Waals surface area contributed by atoms with E-state index in [0.717, 1.165) is 47.9 Å². The van der Waals surface area contributed by atoms with E-state index < -0.39 is 15.6 Å². The Hall–Kier alpha value is -3.90. The third-order valence-corrected chi connectivity index (χ3v) is 5.08. The van der Waals surface area contributed by atoms with Crippen LogP contribution in [-0.4, -0.2) is 12.6 Å². The maximum Gasteiger partial charge on any atom is 0.173 e. The van der Waals surface area contributed by atoms with E-state index in [0.29, 0.717) is 11.1 Å². The number of nitrogens with zero attached hydrogens (tertiary/aromatic N) is 2. The van der Waals surface area contributed by atoms with E-state index in [2.05, 4.69) is 58.2 Å². The largest absolute Gasteiger partial charge is 0.298 e. The molecule has 2 aromatic heterocycles. The van der Waals surface area contributed by atoms with E-state index in [9.17, 15) is 60.0 Å². The van der Waals surface area contributed by atoms with Gasteiger partial charge < -0.3 is 0 Å². The van der Waals surface area contributed by atoms with Gasteiger partial charge in [0.15, 0.2) is 37.9 Å². The van der Waals surface area contributed by atoms with Crippen molar-refractivity contribution in [2.24, 2.45) is 0 Å². The van der Waals surface area contributed by atoms with Crippen molar-refractivity contribution in [3.8, 4) is 11.1 Å². The van der Waals surface area contributed by atoms with Gasteiger partial charge in [-0.1, -0.05) is 48.5 Å². The van der Waals surface area contributed by atoms with Crippen molar-refractivity contribution >= 4 is 28.2 Å². The zero-order chi connectivity index (χ0) is 33.6. The zero-order valence-electron chi connectivity index (χ0n) is 21.9. The van der Waals surface area contributed by atoms with E-state index in [-0.39, 0.29) is 0 Å². The molecule has 4 aromatic rings. The van der Waals surface area contributed by atoms with Crippen molar-refractivity contribution in [1.29, 1.82) is 0 Å². The molecule has 0 unspecified atom stereocenters. The van der Waals surface area contributed by atoms with Crippen LogP contribution in [0.5, 0.6) is 0 Å². The Bertz CT molecular complexity index is 1430. The second-order valence-electron chi connectivity index (χ2n) is 9.15.